The lowest BCUT2D eigenvalue weighted by Crippen LogP contribution is -2.00. The number of nitriles is 2. The van der Waals surface area contributed by atoms with Gasteiger partial charge in [-0.3, -0.25) is 4.68 Å². The van der Waals surface area contributed by atoms with Gasteiger partial charge in [0.1, 0.15) is 22.5 Å². The fraction of sp³-hybridized carbons (Fsp3) is 0.375. The monoisotopic (exact) mass is 230 g/mol. The van der Waals surface area contributed by atoms with E-state index in [1.54, 1.807) is 6.07 Å². The summed E-state index contributed by atoms with van der Waals surface area (Å²) in [5.41, 5.74) is -0.968. The van der Waals surface area contributed by atoms with Gasteiger partial charge < -0.3 is 0 Å². The highest BCUT2D eigenvalue weighted by molar-refractivity contribution is 6.30. The van der Waals surface area contributed by atoms with Crippen molar-refractivity contribution in [2.24, 2.45) is 0 Å². The Balaban J connectivity index is 3.12. The first-order valence-electron chi connectivity index (χ1n) is 3.93. The topological polar surface area (TPSA) is 65.4 Å². The third kappa shape index (κ3) is 2.23. The summed E-state index contributed by atoms with van der Waals surface area (Å²) < 4.78 is 25.8. The number of aryl methyl sites for hydroxylation is 1. The zero-order valence-corrected chi connectivity index (χ0v) is 8.17. The number of alkyl halides is 2. The van der Waals surface area contributed by atoms with Gasteiger partial charge in [0.2, 0.25) is 0 Å². The van der Waals surface area contributed by atoms with Crippen molar-refractivity contribution < 1.29 is 8.78 Å². The highest BCUT2D eigenvalue weighted by atomic mass is 35.5. The fourth-order valence-electron chi connectivity index (χ4n) is 1.02. The Bertz CT molecular complexity index is 441. The van der Waals surface area contributed by atoms with E-state index >= 15 is 0 Å². The standard InChI is InChI=1S/C8H5ClF2N4/c9-7-5(4-13)6(8(10)11)14-15(7)3-1-2-12/h8H,1,3H2. The molecule has 0 amide bonds. The summed E-state index contributed by atoms with van der Waals surface area (Å²) in [5, 5.41) is 20.2. The van der Waals surface area contributed by atoms with Crippen molar-refractivity contribution in [2.75, 3.05) is 0 Å². The molecule has 0 aliphatic heterocycles. The molecule has 0 unspecified atom stereocenters. The van der Waals surface area contributed by atoms with Crippen LogP contribution in [-0.4, -0.2) is 9.78 Å². The number of hydrogen-bond donors (Lipinski definition) is 0. The predicted molar refractivity (Wildman–Crippen MR) is 47.1 cm³/mol. The van der Waals surface area contributed by atoms with Gasteiger partial charge in [-0.25, -0.2) is 8.78 Å². The van der Waals surface area contributed by atoms with E-state index in [0.717, 1.165) is 4.68 Å². The van der Waals surface area contributed by atoms with Crippen LogP contribution in [-0.2, 0) is 6.54 Å². The van der Waals surface area contributed by atoms with E-state index in [9.17, 15) is 8.78 Å². The van der Waals surface area contributed by atoms with E-state index < -0.39 is 12.1 Å². The molecule has 0 aliphatic rings. The summed E-state index contributed by atoms with van der Waals surface area (Å²) >= 11 is 5.64. The average Bonchev–Trinajstić information content (AvgIpc) is 2.52. The Hall–Kier alpha value is -1.66. The van der Waals surface area contributed by atoms with Crippen molar-refractivity contribution in [2.45, 2.75) is 19.4 Å². The summed E-state index contributed by atoms with van der Waals surface area (Å²) in [5.74, 6) is 0. The van der Waals surface area contributed by atoms with Gasteiger partial charge >= 0.3 is 0 Å². The van der Waals surface area contributed by atoms with E-state index in [1.165, 1.54) is 0 Å². The molecule has 1 rings (SSSR count). The molecule has 0 atom stereocenters. The maximum Gasteiger partial charge on any atom is 0.283 e. The molecule has 0 fully saturated rings. The van der Waals surface area contributed by atoms with Crippen molar-refractivity contribution in [1.82, 2.24) is 9.78 Å². The summed E-state index contributed by atoms with van der Waals surface area (Å²) in [6.45, 7) is 0.0940. The minimum absolute atomic E-state index is 0.0922. The second kappa shape index (κ2) is 4.72. The first kappa shape index (κ1) is 11.4. The van der Waals surface area contributed by atoms with Crippen molar-refractivity contribution in [3.63, 3.8) is 0 Å². The Morgan fingerprint density at radius 1 is 1.47 bits per heavy atom. The number of rotatable bonds is 3. The maximum absolute atomic E-state index is 12.4. The zero-order chi connectivity index (χ0) is 11.4. The number of hydrogen-bond acceptors (Lipinski definition) is 3. The van der Waals surface area contributed by atoms with Gasteiger partial charge in [0.05, 0.1) is 19.0 Å². The molecule has 7 heteroatoms. The lowest BCUT2D eigenvalue weighted by molar-refractivity contribution is 0.144. The number of nitrogens with zero attached hydrogens (tertiary/aromatic N) is 4. The highest BCUT2D eigenvalue weighted by Crippen LogP contribution is 2.27. The quantitative estimate of drug-likeness (QED) is 0.800. The molecule has 0 bridgehead atoms. The molecule has 0 saturated heterocycles. The van der Waals surface area contributed by atoms with Crippen molar-refractivity contribution in [1.29, 1.82) is 10.5 Å². The van der Waals surface area contributed by atoms with Gasteiger partial charge in [0.15, 0.2) is 0 Å². The molecule has 0 aliphatic carbocycles. The van der Waals surface area contributed by atoms with Gasteiger partial charge in [-0.15, -0.1) is 0 Å². The SMILES string of the molecule is N#CCCn1nc(C(F)F)c(C#N)c1Cl. The van der Waals surface area contributed by atoms with Crippen LogP contribution in [0, 0.1) is 22.7 Å². The second-order valence-electron chi connectivity index (χ2n) is 2.59. The van der Waals surface area contributed by atoms with Gasteiger partial charge in [-0.1, -0.05) is 11.6 Å². The fourth-order valence-corrected chi connectivity index (χ4v) is 1.28. The third-order valence-corrected chi connectivity index (χ3v) is 2.06. The largest absolute Gasteiger partial charge is 0.283 e. The molecule has 4 nitrogen and oxygen atoms in total. The molecule has 1 heterocycles. The molecule has 0 aromatic carbocycles. The Morgan fingerprint density at radius 3 is 2.53 bits per heavy atom. The van der Waals surface area contributed by atoms with Crippen molar-refractivity contribution >= 4 is 11.6 Å². The van der Waals surface area contributed by atoms with Crippen LogP contribution in [0.3, 0.4) is 0 Å². The summed E-state index contributed by atoms with van der Waals surface area (Å²) in [6.07, 6.45) is -2.75. The summed E-state index contributed by atoms with van der Waals surface area (Å²) in [6, 6.07) is 3.39. The Morgan fingerprint density at radius 2 is 2.13 bits per heavy atom. The minimum Gasteiger partial charge on any atom is -0.251 e. The first-order valence-corrected chi connectivity index (χ1v) is 4.31. The second-order valence-corrected chi connectivity index (χ2v) is 2.95. The molecule has 1 aromatic rings. The smallest absolute Gasteiger partial charge is 0.251 e. The van der Waals surface area contributed by atoms with Crippen LogP contribution in [0.4, 0.5) is 8.78 Å². The summed E-state index contributed by atoms with van der Waals surface area (Å²) in [4.78, 5) is 0. The molecule has 1 aromatic heterocycles. The van der Waals surface area contributed by atoms with Crippen LogP contribution >= 0.6 is 11.6 Å². The Kier molecular flexibility index (Phi) is 3.59. The van der Waals surface area contributed by atoms with Crippen LogP contribution in [0.15, 0.2) is 0 Å². The predicted octanol–water partition coefficient (Wildman–Crippen LogP) is 2.26. The van der Waals surface area contributed by atoms with Crippen LogP contribution in [0.25, 0.3) is 0 Å². The molecule has 0 spiro atoms. The lowest BCUT2D eigenvalue weighted by Gasteiger charge is -1.96. The molecule has 0 radical (unpaired) electrons. The normalized spacial score (nSPS) is 10.0. The number of halogens is 3. The van der Waals surface area contributed by atoms with Crippen molar-refractivity contribution in [3.05, 3.63) is 16.4 Å². The van der Waals surface area contributed by atoms with Crippen molar-refractivity contribution in [3.8, 4) is 12.1 Å². The van der Waals surface area contributed by atoms with Gasteiger partial charge in [-0.2, -0.15) is 15.6 Å². The first-order chi connectivity index (χ1) is 7.11. The van der Waals surface area contributed by atoms with Crippen LogP contribution < -0.4 is 0 Å². The van der Waals surface area contributed by atoms with Crippen LogP contribution in [0.5, 0.6) is 0 Å². The van der Waals surface area contributed by atoms with Crippen LogP contribution in [0.2, 0.25) is 5.15 Å². The molecule has 78 valence electrons. The molecular formula is C8H5ClF2N4. The summed E-state index contributed by atoms with van der Waals surface area (Å²) in [7, 11) is 0. The molecular weight excluding hydrogens is 226 g/mol. The van der Waals surface area contributed by atoms with E-state index in [1.807, 2.05) is 6.07 Å². The average molecular weight is 231 g/mol. The highest BCUT2D eigenvalue weighted by Gasteiger charge is 2.22. The van der Waals surface area contributed by atoms with Gasteiger partial charge in [-0.05, 0) is 0 Å². The van der Waals surface area contributed by atoms with Gasteiger partial charge in [0.25, 0.3) is 6.43 Å². The third-order valence-electron chi connectivity index (χ3n) is 1.67. The lowest BCUT2D eigenvalue weighted by atomic mass is 10.3. The Labute approximate surface area is 89.3 Å². The minimum atomic E-state index is -2.85. The van der Waals surface area contributed by atoms with E-state index in [2.05, 4.69) is 5.10 Å². The maximum atomic E-state index is 12.4. The molecule has 0 saturated carbocycles. The zero-order valence-electron chi connectivity index (χ0n) is 7.41. The number of aromatic nitrogens is 2. The van der Waals surface area contributed by atoms with Crippen LogP contribution in [0.1, 0.15) is 24.1 Å². The molecule has 0 N–H and O–H groups in total. The van der Waals surface area contributed by atoms with Gasteiger partial charge in [0, 0.05) is 0 Å². The van der Waals surface area contributed by atoms with E-state index in [-0.39, 0.29) is 23.7 Å². The van der Waals surface area contributed by atoms with E-state index in [0.29, 0.717) is 0 Å². The molecule has 15 heavy (non-hydrogen) atoms. The van der Waals surface area contributed by atoms with E-state index in [4.69, 9.17) is 22.1 Å².